The molecule has 5 nitrogen and oxygen atoms in total. The van der Waals surface area contributed by atoms with E-state index in [1.165, 1.54) is 18.5 Å². The van der Waals surface area contributed by atoms with Gasteiger partial charge in [0.25, 0.3) is 5.91 Å². The van der Waals surface area contributed by atoms with Crippen molar-refractivity contribution in [3.05, 3.63) is 84.1 Å². The number of hydrogen-bond acceptors (Lipinski definition) is 4. The summed E-state index contributed by atoms with van der Waals surface area (Å²) >= 11 is 0. The fourth-order valence-electron chi connectivity index (χ4n) is 3.83. The molecule has 0 N–H and O–H groups in total. The van der Waals surface area contributed by atoms with Crippen molar-refractivity contribution in [1.29, 1.82) is 5.26 Å². The predicted octanol–water partition coefficient (Wildman–Crippen LogP) is 3.88. The molecule has 144 valence electrons. The Kier molecular flexibility index (Phi) is 5.05. The Labute approximate surface area is 168 Å². The van der Waals surface area contributed by atoms with Gasteiger partial charge in [0.1, 0.15) is 12.1 Å². The zero-order valence-electron chi connectivity index (χ0n) is 15.8. The molecule has 3 aromatic rings. The fraction of sp³-hybridized carbons (Fsp3) is 0.217. The van der Waals surface area contributed by atoms with Crippen molar-refractivity contribution < 1.29 is 9.18 Å². The van der Waals surface area contributed by atoms with E-state index < -0.39 is 5.41 Å². The monoisotopic (exact) mass is 386 g/mol. The number of carbonyl (C=O) groups is 1. The van der Waals surface area contributed by atoms with Gasteiger partial charge in [-0.15, -0.1) is 0 Å². The van der Waals surface area contributed by atoms with Gasteiger partial charge in [0.05, 0.1) is 17.2 Å². The Morgan fingerprint density at radius 2 is 1.97 bits per heavy atom. The van der Waals surface area contributed by atoms with E-state index in [0.29, 0.717) is 37.2 Å². The lowest BCUT2D eigenvalue weighted by molar-refractivity contribution is 0.0781. The number of amides is 1. The first-order valence-electron chi connectivity index (χ1n) is 9.41. The van der Waals surface area contributed by atoms with Crippen LogP contribution in [0.2, 0.25) is 0 Å². The Hall–Kier alpha value is -3.59. The summed E-state index contributed by atoms with van der Waals surface area (Å²) in [5, 5.41) is 9.86. The van der Waals surface area contributed by atoms with Crippen LogP contribution in [0.5, 0.6) is 0 Å². The lowest BCUT2D eigenvalue weighted by atomic mass is 9.82. The molecule has 2 heterocycles. The van der Waals surface area contributed by atoms with Crippen molar-refractivity contribution in [2.24, 2.45) is 5.41 Å². The van der Waals surface area contributed by atoms with Gasteiger partial charge in [-0.3, -0.25) is 4.79 Å². The molecule has 1 amide bonds. The Bertz CT molecular complexity index is 1060. The highest BCUT2D eigenvalue weighted by atomic mass is 19.1. The van der Waals surface area contributed by atoms with Gasteiger partial charge in [0.15, 0.2) is 0 Å². The van der Waals surface area contributed by atoms with E-state index in [4.69, 9.17) is 0 Å². The van der Waals surface area contributed by atoms with Crippen LogP contribution in [0.3, 0.4) is 0 Å². The maximum absolute atomic E-state index is 13.3. The molecule has 0 aliphatic carbocycles. The van der Waals surface area contributed by atoms with Crippen LogP contribution in [0.25, 0.3) is 11.3 Å². The molecule has 0 unspecified atom stereocenters. The molecule has 1 aliphatic rings. The van der Waals surface area contributed by atoms with Gasteiger partial charge >= 0.3 is 0 Å². The van der Waals surface area contributed by atoms with Crippen molar-refractivity contribution in [1.82, 2.24) is 14.9 Å². The third-order valence-corrected chi connectivity index (χ3v) is 5.35. The minimum Gasteiger partial charge on any atom is -0.337 e. The first kappa shape index (κ1) is 18.8. The van der Waals surface area contributed by atoms with Crippen molar-refractivity contribution in [3.8, 4) is 17.3 Å². The number of halogens is 1. The standard InChI is InChI=1S/C23H19FN4O/c24-18-7-5-17(6-8-18)13-23(14-25)10-12-28(15-23)22(29)20-4-2-1-3-19(20)21-9-11-26-16-27-21/h1-9,11,16H,10,12-13,15H2/t23-/m0/s1. The fourth-order valence-corrected chi connectivity index (χ4v) is 3.83. The maximum atomic E-state index is 13.3. The molecule has 29 heavy (non-hydrogen) atoms. The number of hydrogen-bond donors (Lipinski definition) is 0. The number of carbonyl (C=O) groups excluding carboxylic acids is 1. The molecule has 0 radical (unpaired) electrons. The maximum Gasteiger partial charge on any atom is 0.254 e. The second-order valence-electron chi connectivity index (χ2n) is 7.31. The molecule has 4 rings (SSSR count). The van der Waals surface area contributed by atoms with Crippen LogP contribution < -0.4 is 0 Å². The van der Waals surface area contributed by atoms with Gasteiger partial charge in [-0.25, -0.2) is 14.4 Å². The molecule has 1 saturated heterocycles. The quantitative estimate of drug-likeness (QED) is 0.682. The zero-order valence-corrected chi connectivity index (χ0v) is 15.8. The minimum atomic E-state index is -0.669. The summed E-state index contributed by atoms with van der Waals surface area (Å²) < 4.78 is 13.2. The van der Waals surface area contributed by atoms with E-state index in [9.17, 15) is 14.4 Å². The molecular weight excluding hydrogens is 367 g/mol. The summed E-state index contributed by atoms with van der Waals surface area (Å²) in [6.07, 6.45) is 4.17. The van der Waals surface area contributed by atoms with E-state index in [1.54, 1.807) is 35.4 Å². The van der Waals surface area contributed by atoms with E-state index >= 15 is 0 Å². The number of rotatable bonds is 4. The second-order valence-corrected chi connectivity index (χ2v) is 7.31. The number of nitrogens with zero attached hydrogens (tertiary/aromatic N) is 4. The lowest BCUT2D eigenvalue weighted by Gasteiger charge is -2.23. The van der Waals surface area contributed by atoms with Crippen molar-refractivity contribution in [2.75, 3.05) is 13.1 Å². The molecule has 1 aromatic heterocycles. The molecule has 0 saturated carbocycles. The SMILES string of the molecule is N#C[C@@]1(Cc2ccc(F)cc2)CCN(C(=O)c2ccccc2-c2ccncn2)C1. The van der Waals surface area contributed by atoms with Crippen molar-refractivity contribution in [3.63, 3.8) is 0 Å². The highest BCUT2D eigenvalue weighted by Gasteiger charge is 2.41. The summed E-state index contributed by atoms with van der Waals surface area (Å²) in [6, 6.07) is 17.7. The predicted molar refractivity (Wildman–Crippen MR) is 106 cm³/mol. The number of benzene rings is 2. The van der Waals surface area contributed by atoms with Gasteiger partial charge < -0.3 is 4.90 Å². The largest absolute Gasteiger partial charge is 0.337 e. The summed E-state index contributed by atoms with van der Waals surface area (Å²) in [7, 11) is 0. The van der Waals surface area contributed by atoms with E-state index in [1.807, 2.05) is 18.2 Å². The van der Waals surface area contributed by atoms with Gasteiger partial charge in [0.2, 0.25) is 0 Å². The smallest absolute Gasteiger partial charge is 0.254 e. The van der Waals surface area contributed by atoms with Crippen molar-refractivity contribution >= 4 is 5.91 Å². The molecule has 1 fully saturated rings. The third-order valence-electron chi connectivity index (χ3n) is 5.35. The molecular formula is C23H19FN4O. The summed E-state index contributed by atoms with van der Waals surface area (Å²) in [6.45, 7) is 0.851. The number of nitriles is 1. The van der Waals surface area contributed by atoms with Crippen LogP contribution in [0, 0.1) is 22.6 Å². The molecule has 0 spiro atoms. The zero-order chi connectivity index (χ0) is 20.3. The van der Waals surface area contributed by atoms with Gasteiger partial charge in [-0.1, -0.05) is 30.3 Å². The normalized spacial score (nSPS) is 18.4. The molecule has 2 aromatic carbocycles. The van der Waals surface area contributed by atoms with Gasteiger partial charge in [-0.2, -0.15) is 5.26 Å². The van der Waals surface area contributed by atoms with Crippen LogP contribution in [0.1, 0.15) is 22.3 Å². The molecule has 1 atom stereocenters. The van der Waals surface area contributed by atoms with E-state index in [2.05, 4.69) is 16.0 Å². The highest BCUT2D eigenvalue weighted by Crippen LogP contribution is 2.35. The Morgan fingerprint density at radius 3 is 2.69 bits per heavy atom. The topological polar surface area (TPSA) is 69.9 Å². The number of aromatic nitrogens is 2. The summed E-state index contributed by atoms with van der Waals surface area (Å²) in [5.74, 6) is -0.417. The minimum absolute atomic E-state index is 0.115. The average Bonchev–Trinajstić information content (AvgIpc) is 3.20. The molecule has 1 aliphatic heterocycles. The third kappa shape index (κ3) is 3.85. The van der Waals surface area contributed by atoms with Crippen LogP contribution >= 0.6 is 0 Å². The highest BCUT2D eigenvalue weighted by molar-refractivity contribution is 6.00. The summed E-state index contributed by atoms with van der Waals surface area (Å²) in [4.78, 5) is 23.2. The van der Waals surface area contributed by atoms with E-state index in [0.717, 1.165) is 11.1 Å². The number of likely N-dealkylation sites (tertiary alicyclic amines) is 1. The van der Waals surface area contributed by atoms with E-state index in [-0.39, 0.29) is 11.7 Å². The van der Waals surface area contributed by atoms with Crippen LogP contribution in [-0.2, 0) is 6.42 Å². The summed E-state index contributed by atoms with van der Waals surface area (Å²) in [5.41, 5.74) is 2.21. The van der Waals surface area contributed by atoms with Crippen LogP contribution in [-0.4, -0.2) is 33.9 Å². The van der Waals surface area contributed by atoms with Gasteiger partial charge in [0, 0.05) is 30.4 Å². The first-order valence-corrected chi connectivity index (χ1v) is 9.41. The van der Waals surface area contributed by atoms with Gasteiger partial charge in [-0.05, 0) is 42.7 Å². The van der Waals surface area contributed by atoms with Crippen LogP contribution in [0.4, 0.5) is 4.39 Å². The Balaban J connectivity index is 1.57. The van der Waals surface area contributed by atoms with Crippen LogP contribution in [0.15, 0.2) is 67.1 Å². The molecule has 0 bridgehead atoms. The lowest BCUT2D eigenvalue weighted by Crippen LogP contribution is -2.33. The average molecular weight is 386 g/mol. The first-order chi connectivity index (χ1) is 14.1. The second kappa shape index (κ2) is 7.80. The van der Waals surface area contributed by atoms with Crippen molar-refractivity contribution in [2.45, 2.75) is 12.8 Å². The Morgan fingerprint density at radius 1 is 1.17 bits per heavy atom. The molecule has 6 heteroatoms.